The first-order valence-corrected chi connectivity index (χ1v) is 7.65. The minimum atomic E-state index is -0.356. The van der Waals surface area contributed by atoms with Crippen LogP contribution in [0.25, 0.3) is 0 Å². The predicted molar refractivity (Wildman–Crippen MR) is 87.6 cm³/mol. The molecule has 0 saturated carbocycles. The van der Waals surface area contributed by atoms with Crippen molar-refractivity contribution in [1.82, 2.24) is 0 Å². The first-order chi connectivity index (χ1) is 9.61. The summed E-state index contributed by atoms with van der Waals surface area (Å²) >= 11 is 2.17. The van der Waals surface area contributed by atoms with Gasteiger partial charge in [-0.2, -0.15) is 0 Å². The summed E-state index contributed by atoms with van der Waals surface area (Å²) in [6, 6.07) is 12.5. The van der Waals surface area contributed by atoms with E-state index in [0.29, 0.717) is 12.2 Å². The second kappa shape index (κ2) is 7.04. The van der Waals surface area contributed by atoms with E-state index in [1.54, 1.807) is 6.07 Å². The molecule has 2 aromatic rings. The van der Waals surface area contributed by atoms with Gasteiger partial charge in [-0.25, -0.2) is 4.39 Å². The highest BCUT2D eigenvalue weighted by atomic mass is 127. The number of rotatable bonds is 5. The van der Waals surface area contributed by atoms with Gasteiger partial charge in [0.2, 0.25) is 0 Å². The minimum Gasteiger partial charge on any atom is -0.453 e. The lowest BCUT2D eigenvalue weighted by atomic mass is 10.0. The van der Waals surface area contributed by atoms with E-state index in [-0.39, 0.29) is 17.6 Å². The van der Waals surface area contributed by atoms with Crippen LogP contribution in [0.2, 0.25) is 0 Å². The van der Waals surface area contributed by atoms with Crippen LogP contribution in [0.4, 0.5) is 4.39 Å². The Morgan fingerprint density at radius 3 is 2.65 bits per heavy atom. The van der Waals surface area contributed by atoms with Crippen LogP contribution in [0.5, 0.6) is 11.5 Å². The van der Waals surface area contributed by atoms with Crippen LogP contribution in [0, 0.1) is 9.39 Å². The van der Waals surface area contributed by atoms with E-state index in [4.69, 9.17) is 10.5 Å². The van der Waals surface area contributed by atoms with Crippen LogP contribution in [-0.4, -0.2) is 6.04 Å². The molecule has 2 N–H and O–H groups in total. The lowest BCUT2D eigenvalue weighted by Gasteiger charge is -2.15. The zero-order valence-corrected chi connectivity index (χ0v) is 13.4. The van der Waals surface area contributed by atoms with Gasteiger partial charge in [0.25, 0.3) is 0 Å². The highest BCUT2D eigenvalue weighted by Crippen LogP contribution is 2.31. The lowest BCUT2D eigenvalue weighted by molar-refractivity contribution is 0.431. The SMILES string of the molecule is CCC(N)Cc1cccc(F)c1Oc1ccccc1I. The van der Waals surface area contributed by atoms with Crippen molar-refractivity contribution in [1.29, 1.82) is 0 Å². The van der Waals surface area contributed by atoms with Gasteiger partial charge in [-0.3, -0.25) is 0 Å². The zero-order valence-electron chi connectivity index (χ0n) is 11.3. The summed E-state index contributed by atoms with van der Waals surface area (Å²) in [5.41, 5.74) is 6.77. The Labute approximate surface area is 132 Å². The normalized spacial score (nSPS) is 12.2. The molecule has 0 spiro atoms. The summed E-state index contributed by atoms with van der Waals surface area (Å²) in [6.45, 7) is 2.02. The highest BCUT2D eigenvalue weighted by molar-refractivity contribution is 14.1. The van der Waals surface area contributed by atoms with Crippen molar-refractivity contribution in [3.63, 3.8) is 0 Å². The molecule has 0 aromatic heterocycles. The maximum absolute atomic E-state index is 14.1. The average Bonchev–Trinajstić information content (AvgIpc) is 2.44. The Bertz CT molecular complexity index is 588. The van der Waals surface area contributed by atoms with Crippen LogP contribution < -0.4 is 10.5 Å². The predicted octanol–water partition coefficient (Wildman–Crippen LogP) is 4.50. The van der Waals surface area contributed by atoms with Gasteiger partial charge in [0, 0.05) is 6.04 Å². The number of ether oxygens (including phenoxy) is 1. The summed E-state index contributed by atoms with van der Waals surface area (Å²) in [7, 11) is 0. The molecule has 0 radical (unpaired) electrons. The van der Waals surface area contributed by atoms with E-state index >= 15 is 0 Å². The van der Waals surface area contributed by atoms with Crippen molar-refractivity contribution in [3.05, 3.63) is 57.4 Å². The molecule has 0 aliphatic carbocycles. The fraction of sp³-hybridized carbons (Fsp3) is 0.250. The summed E-state index contributed by atoms with van der Waals surface area (Å²) in [5, 5.41) is 0. The van der Waals surface area contributed by atoms with Gasteiger partial charge in [-0.15, -0.1) is 0 Å². The number of hydrogen-bond acceptors (Lipinski definition) is 2. The fourth-order valence-electron chi connectivity index (χ4n) is 1.89. The van der Waals surface area contributed by atoms with E-state index in [1.807, 2.05) is 37.3 Å². The Kier molecular flexibility index (Phi) is 5.37. The Balaban J connectivity index is 2.33. The van der Waals surface area contributed by atoms with E-state index in [2.05, 4.69) is 22.6 Å². The highest BCUT2D eigenvalue weighted by Gasteiger charge is 2.14. The van der Waals surface area contributed by atoms with Gasteiger partial charge in [-0.05, 0) is 59.2 Å². The molecule has 0 heterocycles. The van der Waals surface area contributed by atoms with Crippen molar-refractivity contribution in [2.24, 2.45) is 5.73 Å². The largest absolute Gasteiger partial charge is 0.453 e. The molecule has 106 valence electrons. The molecule has 1 atom stereocenters. The average molecular weight is 385 g/mol. The second-order valence-corrected chi connectivity index (χ2v) is 5.80. The van der Waals surface area contributed by atoms with E-state index in [9.17, 15) is 4.39 Å². The molecule has 0 bridgehead atoms. The van der Waals surface area contributed by atoms with Gasteiger partial charge in [0.15, 0.2) is 11.6 Å². The maximum Gasteiger partial charge on any atom is 0.166 e. The molecule has 0 saturated heterocycles. The summed E-state index contributed by atoms with van der Waals surface area (Å²) in [4.78, 5) is 0. The topological polar surface area (TPSA) is 35.2 Å². The lowest BCUT2D eigenvalue weighted by Crippen LogP contribution is -2.21. The Morgan fingerprint density at radius 1 is 1.20 bits per heavy atom. The zero-order chi connectivity index (χ0) is 14.5. The maximum atomic E-state index is 14.1. The molecule has 0 amide bonds. The van der Waals surface area contributed by atoms with E-state index < -0.39 is 0 Å². The van der Waals surface area contributed by atoms with Gasteiger partial charge in [0.1, 0.15) is 5.75 Å². The molecule has 20 heavy (non-hydrogen) atoms. The molecular weight excluding hydrogens is 368 g/mol. The van der Waals surface area contributed by atoms with E-state index in [1.165, 1.54) is 6.07 Å². The molecule has 1 unspecified atom stereocenters. The van der Waals surface area contributed by atoms with Gasteiger partial charge < -0.3 is 10.5 Å². The first-order valence-electron chi connectivity index (χ1n) is 6.57. The van der Waals surface area contributed by atoms with E-state index in [0.717, 1.165) is 15.6 Å². The molecule has 2 nitrogen and oxygen atoms in total. The minimum absolute atomic E-state index is 0.00833. The monoisotopic (exact) mass is 385 g/mol. The number of hydrogen-bond donors (Lipinski definition) is 1. The Hall–Kier alpha value is -1.14. The van der Waals surface area contributed by atoms with Crippen LogP contribution >= 0.6 is 22.6 Å². The summed E-state index contributed by atoms with van der Waals surface area (Å²) < 4.78 is 20.8. The fourth-order valence-corrected chi connectivity index (χ4v) is 2.39. The molecule has 2 aromatic carbocycles. The number of halogens is 2. The van der Waals surface area contributed by atoms with Gasteiger partial charge in [0.05, 0.1) is 3.57 Å². The van der Waals surface area contributed by atoms with Crippen molar-refractivity contribution < 1.29 is 9.13 Å². The van der Waals surface area contributed by atoms with Gasteiger partial charge in [-0.1, -0.05) is 31.2 Å². The number of nitrogens with two attached hydrogens (primary N) is 1. The van der Waals surface area contributed by atoms with Crippen molar-refractivity contribution in [3.8, 4) is 11.5 Å². The molecule has 0 aliphatic heterocycles. The smallest absolute Gasteiger partial charge is 0.166 e. The van der Waals surface area contributed by atoms with Crippen LogP contribution in [0.15, 0.2) is 42.5 Å². The summed E-state index contributed by atoms with van der Waals surface area (Å²) in [5.74, 6) is 0.579. The molecule has 2 rings (SSSR count). The number of para-hydroxylation sites is 2. The first kappa shape index (κ1) is 15.3. The standard InChI is InChI=1S/C16H17FINO/c1-2-12(19)10-11-6-5-7-13(17)16(11)20-15-9-4-3-8-14(15)18/h3-9,12H,2,10,19H2,1H3. The molecule has 4 heteroatoms. The third kappa shape index (κ3) is 3.70. The molecule has 0 aliphatic rings. The summed E-state index contributed by atoms with van der Waals surface area (Å²) in [6.07, 6.45) is 1.45. The molecule has 0 fully saturated rings. The third-order valence-electron chi connectivity index (χ3n) is 3.10. The number of benzene rings is 2. The van der Waals surface area contributed by atoms with Crippen LogP contribution in [-0.2, 0) is 6.42 Å². The van der Waals surface area contributed by atoms with Crippen molar-refractivity contribution in [2.75, 3.05) is 0 Å². The second-order valence-electron chi connectivity index (χ2n) is 4.63. The van der Waals surface area contributed by atoms with Crippen molar-refractivity contribution in [2.45, 2.75) is 25.8 Å². The molecular formula is C16H17FINO. The van der Waals surface area contributed by atoms with Crippen LogP contribution in [0.1, 0.15) is 18.9 Å². The third-order valence-corrected chi connectivity index (χ3v) is 3.99. The van der Waals surface area contributed by atoms with Crippen molar-refractivity contribution >= 4 is 22.6 Å². The quantitative estimate of drug-likeness (QED) is 0.770. The van der Waals surface area contributed by atoms with Gasteiger partial charge >= 0.3 is 0 Å². The van der Waals surface area contributed by atoms with Crippen LogP contribution in [0.3, 0.4) is 0 Å². The Morgan fingerprint density at radius 2 is 1.95 bits per heavy atom.